The first-order valence-electron chi connectivity index (χ1n) is 6.00. The Morgan fingerprint density at radius 2 is 2.05 bits per heavy atom. The zero-order chi connectivity index (χ0) is 14.6. The van der Waals surface area contributed by atoms with E-state index in [9.17, 15) is 8.42 Å². The van der Waals surface area contributed by atoms with Gasteiger partial charge in [-0.1, -0.05) is 12.1 Å². The molecule has 0 fully saturated rings. The maximum absolute atomic E-state index is 12.3. The number of rotatable bonds is 6. The molecule has 20 heavy (non-hydrogen) atoms. The molecule has 2 N–H and O–H groups in total. The van der Waals surface area contributed by atoms with Crippen molar-refractivity contribution >= 4 is 27.0 Å². The number of sulfonamides is 1. The van der Waals surface area contributed by atoms with Crippen molar-refractivity contribution in [2.45, 2.75) is 18.4 Å². The Balaban J connectivity index is 2.34. The molecule has 0 atom stereocenters. The summed E-state index contributed by atoms with van der Waals surface area (Å²) in [5.41, 5.74) is 0.379. The van der Waals surface area contributed by atoms with Gasteiger partial charge in [0, 0.05) is 0 Å². The van der Waals surface area contributed by atoms with Crippen LogP contribution in [0, 0.1) is 0 Å². The monoisotopic (exact) mass is 313 g/mol. The first-order valence-corrected chi connectivity index (χ1v) is 8.36. The number of ether oxygens (including phenoxy) is 1. The van der Waals surface area contributed by atoms with Crippen LogP contribution in [0.4, 0.5) is 5.69 Å². The van der Waals surface area contributed by atoms with E-state index in [0.29, 0.717) is 22.9 Å². The minimum Gasteiger partial charge on any atom is -0.492 e. The van der Waals surface area contributed by atoms with Gasteiger partial charge in [-0.25, -0.2) is 8.42 Å². The van der Waals surface area contributed by atoms with Gasteiger partial charge >= 0.3 is 0 Å². The van der Waals surface area contributed by atoms with Gasteiger partial charge in [0.15, 0.2) is 0 Å². The Kier molecular flexibility index (Phi) is 4.64. The van der Waals surface area contributed by atoms with Crippen molar-refractivity contribution in [1.82, 2.24) is 0 Å². The first kappa shape index (κ1) is 14.8. The Morgan fingerprint density at radius 3 is 2.75 bits per heavy atom. The molecule has 0 saturated carbocycles. The second-order valence-electron chi connectivity index (χ2n) is 3.90. The highest BCUT2D eigenvalue weighted by atomic mass is 32.2. The molecule has 2 aromatic rings. The van der Waals surface area contributed by atoms with Crippen molar-refractivity contribution < 1.29 is 18.3 Å². The van der Waals surface area contributed by atoms with Crippen LogP contribution in [0.5, 0.6) is 5.75 Å². The van der Waals surface area contributed by atoms with Crippen LogP contribution >= 0.6 is 11.3 Å². The zero-order valence-electron chi connectivity index (χ0n) is 10.9. The van der Waals surface area contributed by atoms with Crippen LogP contribution in [0.3, 0.4) is 0 Å². The average Bonchev–Trinajstić information content (AvgIpc) is 2.90. The molecular formula is C13H15NO4S2. The quantitative estimate of drug-likeness (QED) is 0.859. The molecule has 0 aliphatic rings. The normalized spacial score (nSPS) is 11.3. The topological polar surface area (TPSA) is 75.6 Å². The van der Waals surface area contributed by atoms with Crippen molar-refractivity contribution in [3.8, 4) is 5.75 Å². The van der Waals surface area contributed by atoms with Crippen molar-refractivity contribution in [1.29, 1.82) is 0 Å². The van der Waals surface area contributed by atoms with E-state index >= 15 is 0 Å². The number of hydrogen-bond donors (Lipinski definition) is 2. The Morgan fingerprint density at radius 1 is 1.30 bits per heavy atom. The van der Waals surface area contributed by atoms with E-state index in [1.807, 2.05) is 6.92 Å². The van der Waals surface area contributed by atoms with Crippen LogP contribution in [0.25, 0.3) is 0 Å². The molecule has 5 nitrogen and oxygen atoms in total. The van der Waals surface area contributed by atoms with Crippen molar-refractivity contribution in [3.05, 3.63) is 40.6 Å². The summed E-state index contributed by atoms with van der Waals surface area (Å²) in [5, 5.41) is 10.8. The van der Waals surface area contributed by atoms with E-state index in [-0.39, 0.29) is 11.5 Å². The van der Waals surface area contributed by atoms with E-state index in [1.165, 1.54) is 17.4 Å². The number of thiophene rings is 1. The van der Waals surface area contributed by atoms with Gasteiger partial charge < -0.3 is 9.84 Å². The summed E-state index contributed by atoms with van der Waals surface area (Å²) < 4.78 is 32.5. The Labute approximate surface area is 121 Å². The number of aliphatic hydroxyl groups excluding tert-OH is 1. The zero-order valence-corrected chi connectivity index (χ0v) is 12.5. The van der Waals surface area contributed by atoms with Gasteiger partial charge in [0.25, 0.3) is 10.0 Å². The highest BCUT2D eigenvalue weighted by Gasteiger charge is 2.20. The third kappa shape index (κ3) is 3.12. The summed E-state index contributed by atoms with van der Waals surface area (Å²) >= 11 is 1.20. The van der Waals surface area contributed by atoms with Crippen LogP contribution in [0.1, 0.15) is 11.8 Å². The number of hydrogen-bond acceptors (Lipinski definition) is 5. The van der Waals surface area contributed by atoms with Crippen LogP contribution in [0.2, 0.25) is 0 Å². The molecule has 0 radical (unpaired) electrons. The molecule has 0 bridgehead atoms. The van der Waals surface area contributed by atoms with Gasteiger partial charge in [-0.15, -0.1) is 11.3 Å². The molecule has 0 amide bonds. The lowest BCUT2D eigenvalue weighted by Gasteiger charge is -2.12. The SMILES string of the molecule is CCOc1ccccc1NS(=O)(=O)c1ccsc1CO. The van der Waals surface area contributed by atoms with Crippen LogP contribution < -0.4 is 9.46 Å². The first-order chi connectivity index (χ1) is 9.58. The minimum absolute atomic E-state index is 0.0938. The molecular weight excluding hydrogens is 298 g/mol. The third-order valence-electron chi connectivity index (χ3n) is 2.57. The summed E-state index contributed by atoms with van der Waals surface area (Å²) in [4.78, 5) is 0.502. The summed E-state index contributed by atoms with van der Waals surface area (Å²) in [6, 6.07) is 8.30. The Hall–Kier alpha value is -1.57. The largest absolute Gasteiger partial charge is 0.492 e. The molecule has 1 heterocycles. The maximum atomic E-state index is 12.3. The highest BCUT2D eigenvalue weighted by Crippen LogP contribution is 2.29. The molecule has 7 heteroatoms. The van der Waals surface area contributed by atoms with Gasteiger partial charge in [0.1, 0.15) is 10.6 Å². The molecule has 0 aliphatic heterocycles. The lowest BCUT2D eigenvalue weighted by atomic mass is 10.3. The van der Waals surface area contributed by atoms with Crippen molar-refractivity contribution in [2.24, 2.45) is 0 Å². The summed E-state index contributed by atoms with van der Waals surface area (Å²) in [7, 11) is -3.73. The van der Waals surface area contributed by atoms with Gasteiger partial charge in [-0.2, -0.15) is 0 Å². The van der Waals surface area contributed by atoms with E-state index in [0.717, 1.165) is 0 Å². The number of para-hydroxylation sites is 2. The minimum atomic E-state index is -3.73. The number of anilines is 1. The summed E-state index contributed by atoms with van der Waals surface area (Å²) in [5.74, 6) is 0.472. The average molecular weight is 313 g/mol. The highest BCUT2D eigenvalue weighted by molar-refractivity contribution is 7.93. The predicted octanol–water partition coefficient (Wildman–Crippen LogP) is 2.44. The van der Waals surface area contributed by atoms with Gasteiger partial charge in [0.05, 0.1) is 23.8 Å². The van der Waals surface area contributed by atoms with E-state index < -0.39 is 10.0 Å². The van der Waals surface area contributed by atoms with Crippen molar-refractivity contribution in [2.75, 3.05) is 11.3 Å². The van der Waals surface area contributed by atoms with Gasteiger partial charge in [-0.05, 0) is 30.5 Å². The molecule has 0 unspecified atom stereocenters. The summed E-state index contributed by atoms with van der Waals surface area (Å²) in [6.45, 7) is 1.97. The lowest BCUT2D eigenvalue weighted by molar-refractivity contribution is 0.282. The van der Waals surface area contributed by atoms with E-state index in [1.54, 1.807) is 29.6 Å². The second kappa shape index (κ2) is 6.25. The van der Waals surface area contributed by atoms with Gasteiger partial charge in [-0.3, -0.25) is 4.72 Å². The maximum Gasteiger partial charge on any atom is 0.263 e. The van der Waals surface area contributed by atoms with E-state index in [4.69, 9.17) is 9.84 Å². The standard InChI is InChI=1S/C13H15NO4S2/c1-2-18-11-6-4-3-5-10(11)14-20(16,17)13-7-8-19-12(13)9-15/h3-8,14-15H,2,9H2,1H3. The summed E-state index contributed by atoms with van der Waals surface area (Å²) in [6.07, 6.45) is 0. The van der Waals surface area contributed by atoms with Crippen LogP contribution in [-0.2, 0) is 16.6 Å². The fourth-order valence-corrected chi connectivity index (χ4v) is 4.08. The van der Waals surface area contributed by atoms with Crippen LogP contribution in [0.15, 0.2) is 40.6 Å². The fraction of sp³-hybridized carbons (Fsp3) is 0.231. The molecule has 1 aromatic heterocycles. The van der Waals surface area contributed by atoms with Crippen LogP contribution in [-0.4, -0.2) is 20.1 Å². The van der Waals surface area contributed by atoms with E-state index in [2.05, 4.69) is 4.72 Å². The fourth-order valence-electron chi connectivity index (χ4n) is 1.72. The molecule has 0 saturated heterocycles. The van der Waals surface area contributed by atoms with Gasteiger partial charge in [0.2, 0.25) is 0 Å². The molecule has 1 aromatic carbocycles. The molecule has 2 rings (SSSR count). The molecule has 0 aliphatic carbocycles. The number of nitrogens with one attached hydrogen (secondary N) is 1. The third-order valence-corrected chi connectivity index (χ3v) is 5.05. The van der Waals surface area contributed by atoms with Crippen molar-refractivity contribution in [3.63, 3.8) is 0 Å². The lowest BCUT2D eigenvalue weighted by Crippen LogP contribution is -2.14. The number of benzene rings is 1. The predicted molar refractivity (Wildman–Crippen MR) is 78.7 cm³/mol. The Bertz CT molecular complexity index is 679. The molecule has 0 spiro atoms. The molecule has 108 valence electrons. The number of aliphatic hydroxyl groups is 1. The smallest absolute Gasteiger partial charge is 0.263 e. The second-order valence-corrected chi connectivity index (χ2v) is 6.55.